The second-order valence-corrected chi connectivity index (χ2v) is 16.9. The summed E-state index contributed by atoms with van der Waals surface area (Å²) >= 11 is 0. The number of unbranched alkanes of at least 4 members (excludes halogenated alkanes) is 22. The molecule has 2 atom stereocenters. The zero-order valence-corrected chi connectivity index (χ0v) is 35.4. The van der Waals surface area contributed by atoms with Gasteiger partial charge in [-0.1, -0.05) is 174 Å². The van der Waals surface area contributed by atoms with E-state index in [4.69, 9.17) is 18.5 Å². The van der Waals surface area contributed by atoms with E-state index in [1.54, 1.807) is 6.92 Å². The summed E-state index contributed by atoms with van der Waals surface area (Å²) < 4.78 is 35.3. The van der Waals surface area contributed by atoms with Crippen molar-refractivity contribution in [3.63, 3.8) is 0 Å². The lowest BCUT2D eigenvalue weighted by Crippen LogP contribution is -2.29. The lowest BCUT2D eigenvalue weighted by atomic mass is 10.0. The van der Waals surface area contributed by atoms with Crippen LogP contribution in [0.4, 0.5) is 0 Å². The van der Waals surface area contributed by atoms with Crippen molar-refractivity contribution in [2.45, 2.75) is 220 Å². The number of esters is 2. The van der Waals surface area contributed by atoms with E-state index in [1.165, 1.54) is 103 Å². The van der Waals surface area contributed by atoms with E-state index < -0.39 is 13.7 Å². The SMILES string of the molecule is CCCCC/C=C\C/C=C\CCCCCCCC(=O)O[C@H](COC(=O)CCCCCCCCCCCCCCCCC)COP(=O)(CC)OCCC. The van der Waals surface area contributed by atoms with Crippen LogP contribution in [0.25, 0.3) is 0 Å². The Morgan fingerprint density at radius 3 is 1.44 bits per heavy atom. The summed E-state index contributed by atoms with van der Waals surface area (Å²) in [6, 6.07) is 0. The molecular formula is C44H83O7P. The lowest BCUT2D eigenvalue weighted by molar-refractivity contribution is -0.161. The topological polar surface area (TPSA) is 88.1 Å². The van der Waals surface area contributed by atoms with E-state index in [9.17, 15) is 14.2 Å². The predicted octanol–water partition coefficient (Wildman–Crippen LogP) is 14.2. The molecule has 0 rings (SSSR count). The van der Waals surface area contributed by atoms with Crippen molar-refractivity contribution in [3.05, 3.63) is 24.3 Å². The van der Waals surface area contributed by atoms with E-state index in [1.807, 2.05) is 6.92 Å². The molecule has 0 aliphatic rings. The van der Waals surface area contributed by atoms with Crippen molar-refractivity contribution < 1.29 is 32.7 Å². The molecule has 0 saturated heterocycles. The van der Waals surface area contributed by atoms with Crippen LogP contribution in [0, 0.1) is 0 Å². The minimum Gasteiger partial charge on any atom is -0.462 e. The van der Waals surface area contributed by atoms with Gasteiger partial charge in [0, 0.05) is 19.0 Å². The Hall–Kier alpha value is -1.43. The monoisotopic (exact) mass is 755 g/mol. The van der Waals surface area contributed by atoms with Crippen molar-refractivity contribution in [1.29, 1.82) is 0 Å². The second-order valence-electron chi connectivity index (χ2n) is 14.5. The maximum absolute atomic E-state index is 13.0. The molecule has 0 spiro atoms. The molecule has 0 fully saturated rings. The summed E-state index contributed by atoms with van der Waals surface area (Å²) in [5, 5.41) is 0. The van der Waals surface area contributed by atoms with E-state index in [0.29, 0.717) is 19.4 Å². The predicted molar refractivity (Wildman–Crippen MR) is 220 cm³/mol. The molecular weight excluding hydrogens is 671 g/mol. The normalized spacial score (nSPS) is 13.5. The molecule has 306 valence electrons. The average Bonchev–Trinajstić information content (AvgIpc) is 3.15. The molecule has 0 aromatic carbocycles. The standard InChI is InChI=1S/C44H83O7P/c1-5-9-11-13-15-17-19-21-23-25-27-29-31-33-35-37-43(45)48-40-42(41-50-52(47,8-4)49-39-7-3)51-44(46)38-36-34-32-30-28-26-24-22-20-18-16-14-12-10-6-2/h16,18,22,24,42H,5-15,17,19-21,23,25-41H2,1-4H3/b18-16-,24-22-/t42-,52?/m1/s1. The molecule has 0 amide bonds. The van der Waals surface area contributed by atoms with Gasteiger partial charge in [-0.15, -0.1) is 0 Å². The molecule has 0 aliphatic heterocycles. The van der Waals surface area contributed by atoms with Crippen molar-refractivity contribution in [2.24, 2.45) is 0 Å². The smallest absolute Gasteiger partial charge is 0.330 e. The van der Waals surface area contributed by atoms with Crippen LogP contribution in [-0.4, -0.2) is 44.0 Å². The molecule has 0 aromatic heterocycles. The quantitative estimate of drug-likeness (QED) is 0.0266. The molecule has 1 unspecified atom stereocenters. The van der Waals surface area contributed by atoms with Crippen LogP contribution in [0.15, 0.2) is 24.3 Å². The molecule has 52 heavy (non-hydrogen) atoms. The van der Waals surface area contributed by atoms with Gasteiger partial charge in [0.05, 0.1) is 13.2 Å². The summed E-state index contributed by atoms with van der Waals surface area (Å²) in [6.45, 7) is 8.28. The van der Waals surface area contributed by atoms with Crippen LogP contribution in [0.5, 0.6) is 0 Å². The third kappa shape index (κ3) is 35.6. The van der Waals surface area contributed by atoms with Crippen molar-refractivity contribution >= 4 is 19.5 Å². The van der Waals surface area contributed by atoms with Gasteiger partial charge < -0.3 is 18.5 Å². The van der Waals surface area contributed by atoms with E-state index in [2.05, 4.69) is 38.2 Å². The van der Waals surface area contributed by atoms with Gasteiger partial charge in [0.25, 0.3) is 0 Å². The Morgan fingerprint density at radius 1 is 0.500 bits per heavy atom. The largest absolute Gasteiger partial charge is 0.462 e. The molecule has 0 aromatic rings. The molecule has 0 saturated carbocycles. The first-order chi connectivity index (χ1) is 25.4. The summed E-state index contributed by atoms with van der Waals surface area (Å²) in [5.41, 5.74) is 0. The van der Waals surface area contributed by atoms with Crippen LogP contribution in [-0.2, 0) is 32.7 Å². The van der Waals surface area contributed by atoms with E-state index >= 15 is 0 Å². The molecule has 0 N–H and O–H groups in total. The third-order valence-corrected chi connectivity index (χ3v) is 11.3. The van der Waals surface area contributed by atoms with Crippen LogP contribution in [0.1, 0.15) is 214 Å². The van der Waals surface area contributed by atoms with Gasteiger partial charge in [0.2, 0.25) is 0 Å². The van der Waals surface area contributed by atoms with E-state index in [-0.39, 0.29) is 31.3 Å². The Morgan fingerprint density at radius 2 is 0.942 bits per heavy atom. The number of allylic oxidation sites excluding steroid dienone is 4. The third-order valence-electron chi connectivity index (χ3n) is 9.38. The van der Waals surface area contributed by atoms with Crippen LogP contribution < -0.4 is 0 Å². The first kappa shape index (κ1) is 50.6. The molecule has 7 nitrogen and oxygen atoms in total. The number of carbonyl (C=O) groups excluding carboxylic acids is 2. The zero-order chi connectivity index (χ0) is 38.2. The number of rotatable bonds is 40. The lowest BCUT2D eigenvalue weighted by Gasteiger charge is -2.22. The van der Waals surface area contributed by atoms with Crippen molar-refractivity contribution in [1.82, 2.24) is 0 Å². The fraction of sp³-hybridized carbons (Fsp3) is 0.864. The minimum absolute atomic E-state index is 0.108. The summed E-state index contributed by atoms with van der Waals surface area (Å²) in [7, 11) is -3.30. The number of carbonyl (C=O) groups is 2. The van der Waals surface area contributed by atoms with Crippen LogP contribution >= 0.6 is 7.60 Å². The Balaban J connectivity index is 4.27. The molecule has 8 heteroatoms. The molecule has 0 bridgehead atoms. The number of hydrogen-bond acceptors (Lipinski definition) is 7. The highest BCUT2D eigenvalue weighted by Gasteiger charge is 2.26. The van der Waals surface area contributed by atoms with Gasteiger partial charge in [-0.3, -0.25) is 14.2 Å². The molecule has 0 aliphatic carbocycles. The van der Waals surface area contributed by atoms with Gasteiger partial charge >= 0.3 is 19.5 Å². The fourth-order valence-electron chi connectivity index (χ4n) is 5.99. The summed E-state index contributed by atoms with van der Waals surface area (Å²) in [6.07, 6.45) is 41.2. The van der Waals surface area contributed by atoms with Gasteiger partial charge in [0.1, 0.15) is 6.61 Å². The molecule has 0 radical (unpaired) electrons. The highest BCUT2D eigenvalue weighted by Crippen LogP contribution is 2.47. The Kier molecular flexibility index (Phi) is 38.2. The van der Waals surface area contributed by atoms with Gasteiger partial charge in [0.15, 0.2) is 6.10 Å². The number of hydrogen-bond donors (Lipinski definition) is 0. The maximum Gasteiger partial charge on any atom is 0.330 e. The first-order valence-corrected chi connectivity index (χ1v) is 23.7. The molecule has 0 heterocycles. The highest BCUT2D eigenvalue weighted by atomic mass is 31.2. The van der Waals surface area contributed by atoms with E-state index in [0.717, 1.165) is 70.6 Å². The van der Waals surface area contributed by atoms with Gasteiger partial charge in [-0.2, -0.15) is 0 Å². The first-order valence-electron chi connectivity index (χ1n) is 21.9. The van der Waals surface area contributed by atoms with Crippen molar-refractivity contribution in [3.8, 4) is 0 Å². The van der Waals surface area contributed by atoms with Gasteiger partial charge in [-0.05, 0) is 51.4 Å². The summed E-state index contributed by atoms with van der Waals surface area (Å²) in [5.74, 6) is -0.649. The Labute approximate surface area is 321 Å². The Bertz CT molecular complexity index is 903. The fourth-order valence-corrected chi connectivity index (χ4v) is 7.28. The summed E-state index contributed by atoms with van der Waals surface area (Å²) in [4.78, 5) is 25.2. The van der Waals surface area contributed by atoms with Gasteiger partial charge in [-0.25, -0.2) is 0 Å². The van der Waals surface area contributed by atoms with Crippen LogP contribution in [0.2, 0.25) is 0 Å². The zero-order valence-electron chi connectivity index (χ0n) is 34.5. The average molecular weight is 755 g/mol. The minimum atomic E-state index is -3.30. The second kappa shape index (κ2) is 39.3. The number of ether oxygens (including phenoxy) is 2. The highest BCUT2D eigenvalue weighted by molar-refractivity contribution is 7.53. The van der Waals surface area contributed by atoms with Crippen LogP contribution in [0.3, 0.4) is 0 Å². The van der Waals surface area contributed by atoms with Crippen molar-refractivity contribution in [2.75, 3.05) is 26.0 Å². The maximum atomic E-state index is 13.0.